The van der Waals surface area contributed by atoms with Crippen LogP contribution in [0.5, 0.6) is 0 Å². The minimum absolute atomic E-state index is 0.271. The normalized spacial score (nSPS) is 12.0. The molecule has 0 aliphatic rings. The Hall–Kier alpha value is -1.55. The summed E-state index contributed by atoms with van der Waals surface area (Å²) in [7, 11) is 0. The minimum Gasteiger partial charge on any atom is -0.330 e. The van der Waals surface area contributed by atoms with Gasteiger partial charge in [0.1, 0.15) is 0 Å². The number of halogens is 3. The summed E-state index contributed by atoms with van der Waals surface area (Å²) in [6, 6.07) is 9.37. The smallest absolute Gasteiger partial charge is 0.330 e. The van der Waals surface area contributed by atoms with Gasteiger partial charge < -0.3 is 5.73 Å². The van der Waals surface area contributed by atoms with Crippen molar-refractivity contribution in [3.8, 4) is 0 Å². The van der Waals surface area contributed by atoms with Crippen LogP contribution >= 0.6 is 0 Å². The van der Waals surface area contributed by atoms with Crippen molar-refractivity contribution in [3.05, 3.63) is 47.5 Å². The maximum absolute atomic E-state index is 12.9. The van der Waals surface area contributed by atoms with E-state index in [9.17, 15) is 13.2 Å². The van der Waals surface area contributed by atoms with Gasteiger partial charge in [-0.3, -0.25) is 0 Å². The molecule has 1 nitrogen and oxygen atoms in total. The zero-order valence-corrected chi connectivity index (χ0v) is 9.09. The molecule has 0 amide bonds. The van der Waals surface area contributed by atoms with Gasteiger partial charge in [0.2, 0.25) is 0 Å². The van der Waals surface area contributed by atoms with Gasteiger partial charge in [0, 0.05) is 0 Å². The van der Waals surface area contributed by atoms with E-state index < -0.39 is 11.7 Å². The fraction of sp³-hybridized carbons (Fsp3) is 0.231. The molecular weight excluding hydrogens is 227 g/mol. The molecule has 0 bridgehead atoms. The second kappa shape index (κ2) is 4.37. The van der Waals surface area contributed by atoms with Crippen LogP contribution in [0, 0.1) is 0 Å². The number of hydrogen-bond acceptors (Lipinski definition) is 1. The summed E-state index contributed by atoms with van der Waals surface area (Å²) >= 11 is 0. The van der Waals surface area contributed by atoms with Crippen molar-refractivity contribution in [2.45, 2.75) is 12.6 Å². The van der Waals surface area contributed by atoms with Gasteiger partial charge in [0.05, 0.1) is 5.56 Å². The molecule has 17 heavy (non-hydrogen) atoms. The summed E-state index contributed by atoms with van der Waals surface area (Å²) in [5.41, 5.74) is 5.50. The topological polar surface area (TPSA) is 26.0 Å². The Balaban J connectivity index is 2.76. The summed E-state index contributed by atoms with van der Waals surface area (Å²) < 4.78 is 38.7. The predicted octanol–water partition coefficient (Wildman–Crippen LogP) is 3.36. The lowest BCUT2D eigenvalue weighted by molar-refractivity contribution is -0.136. The third kappa shape index (κ3) is 2.26. The first-order valence-corrected chi connectivity index (χ1v) is 5.32. The number of rotatable bonds is 2. The van der Waals surface area contributed by atoms with Crippen molar-refractivity contribution < 1.29 is 13.2 Å². The molecular formula is C13H12F3N. The molecule has 0 saturated carbocycles. The molecule has 0 aromatic heterocycles. The standard InChI is InChI=1S/C13H12F3N/c14-13(15,16)11-6-2-5-9-3-1-4-10(7-8-17)12(9)11/h1-6H,7-8,17H2. The Morgan fingerprint density at radius 1 is 1.00 bits per heavy atom. The van der Waals surface area contributed by atoms with Crippen molar-refractivity contribution in [1.82, 2.24) is 0 Å². The maximum Gasteiger partial charge on any atom is 0.417 e. The Bertz CT molecular complexity index is 526. The van der Waals surface area contributed by atoms with Crippen LogP contribution in [0.1, 0.15) is 11.1 Å². The average molecular weight is 239 g/mol. The van der Waals surface area contributed by atoms with E-state index in [-0.39, 0.29) is 5.39 Å². The van der Waals surface area contributed by atoms with Crippen LogP contribution in [0.4, 0.5) is 13.2 Å². The van der Waals surface area contributed by atoms with Gasteiger partial charge in [-0.25, -0.2) is 0 Å². The lowest BCUT2D eigenvalue weighted by Crippen LogP contribution is -2.09. The Morgan fingerprint density at radius 2 is 1.65 bits per heavy atom. The molecule has 2 aromatic carbocycles. The third-order valence-corrected chi connectivity index (χ3v) is 2.71. The van der Waals surface area contributed by atoms with Crippen molar-refractivity contribution in [3.63, 3.8) is 0 Å². The van der Waals surface area contributed by atoms with Crippen LogP contribution in [0.3, 0.4) is 0 Å². The molecule has 90 valence electrons. The number of nitrogens with two attached hydrogens (primary N) is 1. The van der Waals surface area contributed by atoms with Crippen LogP contribution in [-0.2, 0) is 12.6 Å². The van der Waals surface area contributed by atoms with E-state index in [2.05, 4.69) is 0 Å². The molecule has 4 heteroatoms. The summed E-state index contributed by atoms with van der Waals surface area (Å²) in [5, 5.41) is 0.874. The highest BCUT2D eigenvalue weighted by Crippen LogP contribution is 2.36. The second-order valence-electron chi connectivity index (χ2n) is 3.86. The van der Waals surface area contributed by atoms with Crippen molar-refractivity contribution in [2.75, 3.05) is 6.54 Å². The predicted molar refractivity (Wildman–Crippen MR) is 61.7 cm³/mol. The van der Waals surface area contributed by atoms with Gasteiger partial charge in [-0.05, 0) is 35.4 Å². The van der Waals surface area contributed by atoms with E-state index in [0.29, 0.717) is 23.9 Å². The SMILES string of the molecule is NCCc1cccc2cccc(C(F)(F)F)c12. The molecule has 2 rings (SSSR count). The highest BCUT2D eigenvalue weighted by molar-refractivity contribution is 5.89. The molecule has 0 spiro atoms. The van der Waals surface area contributed by atoms with Crippen LogP contribution < -0.4 is 5.73 Å². The summed E-state index contributed by atoms with van der Waals surface area (Å²) in [6.07, 6.45) is -3.88. The Kier molecular flexibility index (Phi) is 3.07. The monoisotopic (exact) mass is 239 g/mol. The van der Waals surface area contributed by atoms with Crippen molar-refractivity contribution >= 4 is 10.8 Å². The first-order chi connectivity index (χ1) is 8.04. The van der Waals surface area contributed by atoms with Crippen LogP contribution in [0.2, 0.25) is 0 Å². The largest absolute Gasteiger partial charge is 0.417 e. The fourth-order valence-electron chi connectivity index (χ4n) is 2.02. The van der Waals surface area contributed by atoms with E-state index in [1.807, 2.05) is 0 Å². The molecule has 0 aliphatic carbocycles. The minimum atomic E-state index is -4.33. The number of hydrogen-bond donors (Lipinski definition) is 1. The first-order valence-electron chi connectivity index (χ1n) is 5.32. The number of fused-ring (bicyclic) bond motifs is 1. The molecule has 0 fully saturated rings. The van der Waals surface area contributed by atoms with Gasteiger partial charge in [-0.1, -0.05) is 30.3 Å². The van der Waals surface area contributed by atoms with Gasteiger partial charge in [0.25, 0.3) is 0 Å². The molecule has 0 radical (unpaired) electrons. The van der Waals surface area contributed by atoms with Gasteiger partial charge in [0.15, 0.2) is 0 Å². The highest BCUT2D eigenvalue weighted by Gasteiger charge is 2.32. The third-order valence-electron chi connectivity index (χ3n) is 2.71. The van der Waals surface area contributed by atoms with Gasteiger partial charge >= 0.3 is 6.18 Å². The zero-order valence-electron chi connectivity index (χ0n) is 9.09. The fourth-order valence-corrected chi connectivity index (χ4v) is 2.02. The van der Waals surface area contributed by atoms with E-state index in [4.69, 9.17) is 5.73 Å². The summed E-state index contributed by atoms with van der Waals surface area (Å²) in [6.45, 7) is 0.339. The molecule has 0 unspecified atom stereocenters. The quantitative estimate of drug-likeness (QED) is 0.854. The number of benzene rings is 2. The molecule has 0 saturated heterocycles. The summed E-state index contributed by atoms with van der Waals surface area (Å²) in [4.78, 5) is 0. The van der Waals surface area contributed by atoms with Crippen LogP contribution in [0.15, 0.2) is 36.4 Å². The van der Waals surface area contributed by atoms with Gasteiger partial charge in [-0.2, -0.15) is 13.2 Å². The summed E-state index contributed by atoms with van der Waals surface area (Å²) in [5.74, 6) is 0. The zero-order chi connectivity index (χ0) is 12.5. The van der Waals surface area contributed by atoms with Crippen molar-refractivity contribution in [1.29, 1.82) is 0 Å². The van der Waals surface area contributed by atoms with E-state index in [0.717, 1.165) is 6.07 Å². The lowest BCUT2D eigenvalue weighted by atomic mass is 9.97. The number of alkyl halides is 3. The van der Waals surface area contributed by atoms with Crippen LogP contribution in [0.25, 0.3) is 10.8 Å². The maximum atomic E-state index is 12.9. The van der Waals surface area contributed by atoms with E-state index in [1.54, 1.807) is 24.3 Å². The average Bonchev–Trinajstić information content (AvgIpc) is 2.28. The Labute approximate surface area is 97.0 Å². The van der Waals surface area contributed by atoms with Crippen LogP contribution in [-0.4, -0.2) is 6.54 Å². The van der Waals surface area contributed by atoms with E-state index >= 15 is 0 Å². The highest BCUT2D eigenvalue weighted by atomic mass is 19.4. The van der Waals surface area contributed by atoms with E-state index in [1.165, 1.54) is 6.07 Å². The molecule has 0 atom stereocenters. The lowest BCUT2D eigenvalue weighted by Gasteiger charge is -2.13. The second-order valence-corrected chi connectivity index (χ2v) is 3.86. The molecule has 0 heterocycles. The molecule has 2 N–H and O–H groups in total. The molecule has 0 aliphatic heterocycles. The molecule has 2 aromatic rings. The van der Waals surface area contributed by atoms with Crippen molar-refractivity contribution in [2.24, 2.45) is 5.73 Å². The Morgan fingerprint density at radius 3 is 2.24 bits per heavy atom. The first kappa shape index (κ1) is 11.9. The van der Waals surface area contributed by atoms with Gasteiger partial charge in [-0.15, -0.1) is 0 Å².